The topological polar surface area (TPSA) is 54.0 Å². The number of hydrogen-bond donors (Lipinski definition) is 2. The minimum Gasteiger partial charge on any atom is -0.308 e. The van der Waals surface area contributed by atoms with Crippen LogP contribution < -0.4 is 10.6 Å². The average molecular weight is 358 g/mol. The van der Waals surface area contributed by atoms with E-state index in [9.17, 15) is 4.79 Å². The predicted octanol–water partition coefficient (Wildman–Crippen LogP) is 5.72. The van der Waals surface area contributed by atoms with E-state index < -0.39 is 0 Å². The molecule has 0 aliphatic carbocycles. The Labute approximate surface area is 149 Å². The molecule has 2 aromatic carbocycles. The summed E-state index contributed by atoms with van der Waals surface area (Å²) in [5.74, 6) is 0. The molecule has 24 heavy (non-hydrogen) atoms. The van der Waals surface area contributed by atoms with Gasteiger partial charge in [-0.2, -0.15) is 0 Å². The number of urea groups is 1. The number of hydrogen-bond acceptors (Lipinski definition) is 3. The number of carbonyl (C=O) groups excluding carboxylic acids is 1. The van der Waals surface area contributed by atoms with Gasteiger partial charge in [0.05, 0.1) is 5.69 Å². The molecule has 0 bridgehead atoms. The Balaban J connectivity index is 1.66. The highest BCUT2D eigenvalue weighted by Gasteiger charge is 2.08. The molecule has 3 aromatic rings. The number of nitrogens with zero attached hydrogens (tertiary/aromatic N) is 1. The minimum atomic E-state index is -0.310. The number of benzene rings is 2. The number of amides is 2. The van der Waals surface area contributed by atoms with Gasteiger partial charge >= 0.3 is 6.03 Å². The smallest absolute Gasteiger partial charge is 0.308 e. The summed E-state index contributed by atoms with van der Waals surface area (Å²) in [4.78, 5) is 16.5. The van der Waals surface area contributed by atoms with E-state index in [4.69, 9.17) is 11.6 Å². The Morgan fingerprint density at radius 2 is 1.79 bits per heavy atom. The molecule has 0 aliphatic heterocycles. The fourth-order valence-corrected chi connectivity index (χ4v) is 3.00. The second-order valence-corrected chi connectivity index (χ2v) is 6.72. The Kier molecular flexibility index (Phi) is 4.83. The maximum absolute atomic E-state index is 12.1. The Bertz CT molecular complexity index is 874. The molecule has 6 heteroatoms. The van der Waals surface area contributed by atoms with Gasteiger partial charge in [0, 0.05) is 21.7 Å². The molecule has 0 unspecified atom stereocenters. The van der Waals surface area contributed by atoms with Crippen molar-refractivity contribution in [2.24, 2.45) is 0 Å². The normalized spacial score (nSPS) is 10.5. The largest absolute Gasteiger partial charge is 0.325 e. The highest BCUT2D eigenvalue weighted by molar-refractivity contribution is 7.14. The van der Waals surface area contributed by atoms with E-state index in [-0.39, 0.29) is 6.03 Å². The number of carbonyl (C=O) groups is 1. The molecule has 0 saturated carbocycles. The second-order valence-electron chi connectivity index (χ2n) is 5.42. The summed E-state index contributed by atoms with van der Waals surface area (Å²) in [6.45, 7) is 4.05. The number of thiazole rings is 1. The molecule has 0 saturated heterocycles. The third-order valence-corrected chi connectivity index (χ3v) is 4.64. The summed E-state index contributed by atoms with van der Waals surface area (Å²) < 4.78 is 0. The molecule has 0 spiro atoms. The van der Waals surface area contributed by atoms with Gasteiger partial charge in [-0.25, -0.2) is 9.78 Å². The van der Waals surface area contributed by atoms with Gasteiger partial charge in [-0.05, 0) is 49.2 Å². The summed E-state index contributed by atoms with van der Waals surface area (Å²) in [6.07, 6.45) is 0. The van der Waals surface area contributed by atoms with Crippen molar-refractivity contribution < 1.29 is 4.79 Å². The van der Waals surface area contributed by atoms with Gasteiger partial charge in [-0.15, -0.1) is 11.3 Å². The molecule has 2 N–H and O–H groups in total. The third-order valence-electron chi connectivity index (χ3n) is 3.63. The first-order valence-corrected chi connectivity index (χ1v) is 8.64. The number of aryl methyl sites for hydroxylation is 2. The second kappa shape index (κ2) is 7.03. The van der Waals surface area contributed by atoms with Crippen LogP contribution in [0.4, 0.5) is 15.6 Å². The van der Waals surface area contributed by atoms with Crippen LogP contribution >= 0.6 is 22.9 Å². The first-order chi connectivity index (χ1) is 11.5. The number of halogens is 1. The zero-order valence-corrected chi connectivity index (χ0v) is 14.8. The lowest BCUT2D eigenvalue weighted by molar-refractivity contribution is 0.262. The Morgan fingerprint density at radius 1 is 1.04 bits per heavy atom. The summed E-state index contributed by atoms with van der Waals surface area (Å²) in [6, 6.07) is 12.9. The summed E-state index contributed by atoms with van der Waals surface area (Å²) in [5.41, 5.74) is 4.84. The van der Waals surface area contributed by atoms with Crippen LogP contribution in [0, 0.1) is 13.8 Å². The first kappa shape index (κ1) is 16.5. The molecule has 4 nitrogen and oxygen atoms in total. The van der Waals surface area contributed by atoms with Crippen LogP contribution in [0.25, 0.3) is 11.3 Å². The van der Waals surface area contributed by atoms with Crippen LogP contribution in [-0.4, -0.2) is 11.0 Å². The van der Waals surface area contributed by atoms with Crippen molar-refractivity contribution >= 4 is 39.8 Å². The summed E-state index contributed by atoms with van der Waals surface area (Å²) >= 11 is 7.26. The zero-order valence-electron chi connectivity index (χ0n) is 13.3. The fourth-order valence-electron chi connectivity index (χ4n) is 2.16. The molecule has 0 atom stereocenters. The van der Waals surface area contributed by atoms with Gasteiger partial charge < -0.3 is 5.32 Å². The average Bonchev–Trinajstić information content (AvgIpc) is 3.00. The van der Waals surface area contributed by atoms with Gasteiger partial charge in [0.2, 0.25) is 0 Å². The number of nitrogens with one attached hydrogen (secondary N) is 2. The van der Waals surface area contributed by atoms with E-state index in [0.717, 1.165) is 22.5 Å². The van der Waals surface area contributed by atoms with Crippen molar-refractivity contribution in [1.82, 2.24) is 4.98 Å². The molecule has 122 valence electrons. The van der Waals surface area contributed by atoms with Crippen molar-refractivity contribution in [3.05, 3.63) is 64.0 Å². The molecule has 2 amide bonds. The van der Waals surface area contributed by atoms with E-state index in [0.29, 0.717) is 10.2 Å². The van der Waals surface area contributed by atoms with E-state index in [1.165, 1.54) is 16.9 Å². The van der Waals surface area contributed by atoms with Crippen molar-refractivity contribution in [1.29, 1.82) is 0 Å². The van der Waals surface area contributed by atoms with E-state index in [1.807, 2.05) is 61.7 Å². The maximum Gasteiger partial charge on any atom is 0.325 e. The van der Waals surface area contributed by atoms with Crippen molar-refractivity contribution in [3.8, 4) is 11.3 Å². The van der Waals surface area contributed by atoms with Gasteiger partial charge in [0.25, 0.3) is 0 Å². The van der Waals surface area contributed by atoms with Crippen LogP contribution in [0.2, 0.25) is 5.02 Å². The molecule has 1 heterocycles. The van der Waals surface area contributed by atoms with E-state index >= 15 is 0 Å². The molecule has 1 aromatic heterocycles. The monoisotopic (exact) mass is 357 g/mol. The van der Waals surface area contributed by atoms with Crippen molar-refractivity contribution in [2.75, 3.05) is 10.6 Å². The molecular formula is C18H16ClN3OS. The van der Waals surface area contributed by atoms with Crippen LogP contribution in [-0.2, 0) is 0 Å². The number of aromatic nitrogens is 1. The van der Waals surface area contributed by atoms with Crippen molar-refractivity contribution in [2.45, 2.75) is 13.8 Å². The third kappa shape index (κ3) is 3.93. The fraction of sp³-hybridized carbons (Fsp3) is 0.111. The van der Waals surface area contributed by atoms with Crippen LogP contribution in [0.5, 0.6) is 0 Å². The van der Waals surface area contributed by atoms with Gasteiger partial charge in [-0.3, -0.25) is 5.32 Å². The number of rotatable bonds is 3. The zero-order chi connectivity index (χ0) is 17.1. The lowest BCUT2D eigenvalue weighted by atomic mass is 10.1. The summed E-state index contributed by atoms with van der Waals surface area (Å²) in [7, 11) is 0. The van der Waals surface area contributed by atoms with E-state index in [1.54, 1.807) is 0 Å². The lowest BCUT2D eigenvalue weighted by Crippen LogP contribution is -2.19. The van der Waals surface area contributed by atoms with E-state index in [2.05, 4.69) is 15.6 Å². The van der Waals surface area contributed by atoms with Crippen molar-refractivity contribution in [3.63, 3.8) is 0 Å². The predicted molar refractivity (Wildman–Crippen MR) is 101 cm³/mol. The SMILES string of the molecule is Cc1ccc(NC(=O)Nc2nc(-c3ccc(Cl)cc3)cs2)cc1C. The molecular weight excluding hydrogens is 342 g/mol. The highest BCUT2D eigenvalue weighted by Crippen LogP contribution is 2.26. The van der Waals surface area contributed by atoms with Crippen LogP contribution in [0.15, 0.2) is 47.8 Å². The van der Waals surface area contributed by atoms with Crippen LogP contribution in [0.3, 0.4) is 0 Å². The van der Waals surface area contributed by atoms with Gasteiger partial charge in [-0.1, -0.05) is 29.8 Å². The molecule has 0 radical (unpaired) electrons. The molecule has 0 fully saturated rings. The quantitative estimate of drug-likeness (QED) is 0.629. The van der Waals surface area contributed by atoms with Gasteiger partial charge in [0.1, 0.15) is 0 Å². The number of anilines is 2. The highest BCUT2D eigenvalue weighted by atomic mass is 35.5. The molecule has 3 rings (SSSR count). The van der Waals surface area contributed by atoms with Gasteiger partial charge in [0.15, 0.2) is 5.13 Å². The summed E-state index contributed by atoms with van der Waals surface area (Å²) in [5, 5.41) is 8.69. The maximum atomic E-state index is 12.1. The van der Waals surface area contributed by atoms with Crippen LogP contribution in [0.1, 0.15) is 11.1 Å². The lowest BCUT2D eigenvalue weighted by Gasteiger charge is -2.07. The Hall–Kier alpha value is -2.37. The standard InChI is InChI=1S/C18H16ClN3OS/c1-11-3-8-15(9-12(11)2)20-17(23)22-18-21-16(10-24-18)13-4-6-14(19)7-5-13/h3-10H,1-2H3,(H2,20,21,22,23). The molecule has 0 aliphatic rings. The first-order valence-electron chi connectivity index (χ1n) is 7.38. The minimum absolute atomic E-state index is 0.310. The Morgan fingerprint density at radius 3 is 2.50 bits per heavy atom.